The molecule has 3 N–H and O–H groups in total. The molecule has 0 saturated heterocycles. The molecule has 0 aromatic heterocycles. The Hall–Kier alpha value is -3.44. The third-order valence-corrected chi connectivity index (χ3v) is 6.47. The molecule has 1 heterocycles. The lowest BCUT2D eigenvalue weighted by atomic mass is 9.78. The molecule has 1 aliphatic carbocycles. The quantitative estimate of drug-likeness (QED) is 0.458. The van der Waals surface area contributed by atoms with Gasteiger partial charge >= 0.3 is 0 Å². The average molecular weight is 447 g/mol. The maximum absolute atomic E-state index is 13.6. The van der Waals surface area contributed by atoms with Crippen LogP contribution in [-0.2, 0) is 4.79 Å². The fraction of sp³-hybridized carbons (Fsp3) is 0.192. The van der Waals surface area contributed by atoms with Crippen molar-refractivity contribution in [2.24, 2.45) is 0 Å². The molecule has 0 fully saturated rings. The number of para-hydroxylation sites is 2. The summed E-state index contributed by atoms with van der Waals surface area (Å²) in [5.74, 6) is 0.352. The van der Waals surface area contributed by atoms with Crippen LogP contribution in [0.2, 0.25) is 5.02 Å². The topological polar surface area (TPSA) is 70.6 Å². The fourth-order valence-electron chi connectivity index (χ4n) is 4.62. The first-order valence-electron chi connectivity index (χ1n) is 10.6. The van der Waals surface area contributed by atoms with Gasteiger partial charge in [-0.15, -0.1) is 0 Å². The SMILES string of the molecule is COc1cc(C2Nc3ccccc3NC3=C2C(=O)CC(c2ccccc2)C3)cc(Cl)c1O. The summed E-state index contributed by atoms with van der Waals surface area (Å²) >= 11 is 6.30. The van der Waals surface area contributed by atoms with Gasteiger partial charge in [0.25, 0.3) is 0 Å². The van der Waals surface area contributed by atoms with Crippen LogP contribution < -0.4 is 15.4 Å². The second-order valence-electron chi connectivity index (χ2n) is 8.13. The third-order valence-electron chi connectivity index (χ3n) is 6.18. The van der Waals surface area contributed by atoms with Crippen molar-refractivity contribution in [1.29, 1.82) is 0 Å². The summed E-state index contributed by atoms with van der Waals surface area (Å²) in [5.41, 5.74) is 5.31. The van der Waals surface area contributed by atoms with E-state index in [1.54, 1.807) is 12.1 Å². The molecule has 2 aliphatic rings. The molecule has 32 heavy (non-hydrogen) atoms. The van der Waals surface area contributed by atoms with Gasteiger partial charge in [-0.2, -0.15) is 0 Å². The van der Waals surface area contributed by atoms with E-state index in [0.717, 1.165) is 34.6 Å². The minimum absolute atomic E-state index is 0.0843. The second-order valence-corrected chi connectivity index (χ2v) is 8.54. The van der Waals surface area contributed by atoms with Crippen molar-refractivity contribution in [1.82, 2.24) is 0 Å². The Balaban J connectivity index is 1.65. The van der Waals surface area contributed by atoms with E-state index in [1.807, 2.05) is 42.5 Å². The number of benzene rings is 3. The zero-order valence-electron chi connectivity index (χ0n) is 17.6. The number of halogens is 1. The summed E-state index contributed by atoms with van der Waals surface area (Å²) in [6.07, 6.45) is 1.16. The summed E-state index contributed by atoms with van der Waals surface area (Å²) in [6.45, 7) is 0. The van der Waals surface area contributed by atoms with E-state index in [-0.39, 0.29) is 28.2 Å². The maximum atomic E-state index is 13.6. The highest BCUT2D eigenvalue weighted by atomic mass is 35.5. The van der Waals surface area contributed by atoms with Crippen molar-refractivity contribution in [2.75, 3.05) is 17.7 Å². The Morgan fingerprint density at radius 2 is 1.69 bits per heavy atom. The molecule has 162 valence electrons. The number of ether oxygens (including phenoxy) is 1. The van der Waals surface area contributed by atoms with Crippen molar-refractivity contribution >= 4 is 28.8 Å². The van der Waals surface area contributed by atoms with Gasteiger partial charge in [0.15, 0.2) is 17.3 Å². The van der Waals surface area contributed by atoms with Crippen molar-refractivity contribution in [3.8, 4) is 11.5 Å². The van der Waals surface area contributed by atoms with Gasteiger partial charge < -0.3 is 20.5 Å². The molecule has 2 unspecified atom stereocenters. The molecule has 0 radical (unpaired) electrons. The van der Waals surface area contributed by atoms with E-state index in [1.165, 1.54) is 7.11 Å². The van der Waals surface area contributed by atoms with E-state index in [4.69, 9.17) is 16.3 Å². The molecule has 5 rings (SSSR count). The highest BCUT2D eigenvalue weighted by Crippen LogP contribution is 2.46. The standard InChI is InChI=1S/C26H23ClN2O3/c1-32-23-14-17(11-18(27)26(23)31)25-24-21(28-19-9-5-6-10-20(19)29-25)12-16(13-22(24)30)15-7-3-2-4-8-15/h2-11,14,16,25,28-29,31H,12-13H2,1H3. The smallest absolute Gasteiger partial charge is 0.176 e. The summed E-state index contributed by atoms with van der Waals surface area (Å²) in [6, 6.07) is 21.0. The van der Waals surface area contributed by atoms with Crippen molar-refractivity contribution in [3.63, 3.8) is 0 Å². The van der Waals surface area contributed by atoms with Crippen LogP contribution in [0.5, 0.6) is 11.5 Å². The van der Waals surface area contributed by atoms with Gasteiger partial charge in [-0.25, -0.2) is 0 Å². The largest absolute Gasteiger partial charge is 0.503 e. The first kappa shape index (κ1) is 20.5. The van der Waals surface area contributed by atoms with Gasteiger partial charge in [-0.05, 0) is 47.7 Å². The number of fused-ring (bicyclic) bond motifs is 1. The van der Waals surface area contributed by atoms with Crippen LogP contribution in [0, 0.1) is 0 Å². The van der Waals surface area contributed by atoms with Gasteiger partial charge in [0.1, 0.15) is 0 Å². The van der Waals surface area contributed by atoms with Crippen molar-refractivity contribution < 1.29 is 14.6 Å². The van der Waals surface area contributed by atoms with Crippen LogP contribution in [-0.4, -0.2) is 18.0 Å². The lowest BCUT2D eigenvalue weighted by molar-refractivity contribution is -0.116. The number of anilines is 2. The van der Waals surface area contributed by atoms with E-state index in [9.17, 15) is 9.90 Å². The second kappa shape index (κ2) is 8.24. The van der Waals surface area contributed by atoms with E-state index in [0.29, 0.717) is 12.0 Å². The predicted octanol–water partition coefficient (Wildman–Crippen LogP) is 6.03. The first-order chi connectivity index (χ1) is 15.5. The Morgan fingerprint density at radius 1 is 0.969 bits per heavy atom. The minimum atomic E-state index is -0.433. The Bertz CT molecular complexity index is 1220. The van der Waals surface area contributed by atoms with Crippen LogP contribution in [0.4, 0.5) is 11.4 Å². The number of Topliss-reactive ketones (excluding diaryl/α,β-unsaturated/α-hetero) is 1. The van der Waals surface area contributed by atoms with E-state index >= 15 is 0 Å². The van der Waals surface area contributed by atoms with Gasteiger partial charge in [0.05, 0.1) is 29.5 Å². The van der Waals surface area contributed by atoms with Gasteiger partial charge in [-0.3, -0.25) is 4.79 Å². The van der Waals surface area contributed by atoms with Crippen molar-refractivity contribution in [2.45, 2.75) is 24.8 Å². The Labute approximate surface area is 191 Å². The summed E-state index contributed by atoms with van der Waals surface area (Å²) in [7, 11) is 1.48. The summed E-state index contributed by atoms with van der Waals surface area (Å²) in [4.78, 5) is 13.6. The molecular weight excluding hydrogens is 424 g/mol. The Morgan fingerprint density at radius 3 is 2.44 bits per heavy atom. The zero-order valence-corrected chi connectivity index (χ0v) is 18.3. The first-order valence-corrected chi connectivity index (χ1v) is 10.9. The molecule has 0 bridgehead atoms. The number of carbonyl (C=O) groups is 1. The molecule has 1 aliphatic heterocycles. The number of rotatable bonds is 3. The van der Waals surface area contributed by atoms with Crippen LogP contribution in [0.1, 0.15) is 35.9 Å². The fourth-order valence-corrected chi connectivity index (χ4v) is 4.84. The molecule has 3 aromatic rings. The van der Waals surface area contributed by atoms with Crippen LogP contribution >= 0.6 is 11.6 Å². The minimum Gasteiger partial charge on any atom is -0.503 e. The number of phenolic OH excluding ortho intramolecular Hbond substituents is 1. The molecule has 0 spiro atoms. The number of aromatic hydroxyl groups is 1. The van der Waals surface area contributed by atoms with E-state index in [2.05, 4.69) is 22.8 Å². The van der Waals surface area contributed by atoms with Crippen LogP contribution in [0.15, 0.2) is 78.0 Å². The highest BCUT2D eigenvalue weighted by molar-refractivity contribution is 6.32. The van der Waals surface area contributed by atoms with Gasteiger partial charge in [0.2, 0.25) is 0 Å². The summed E-state index contributed by atoms with van der Waals surface area (Å²) < 4.78 is 5.32. The molecule has 2 atom stereocenters. The van der Waals surface area contributed by atoms with Gasteiger partial charge in [0, 0.05) is 17.7 Å². The molecule has 0 amide bonds. The van der Waals surface area contributed by atoms with Crippen molar-refractivity contribution in [3.05, 3.63) is 94.1 Å². The van der Waals surface area contributed by atoms with E-state index < -0.39 is 6.04 Å². The molecule has 0 saturated carbocycles. The number of hydrogen-bond donors (Lipinski definition) is 3. The highest BCUT2D eigenvalue weighted by Gasteiger charge is 2.36. The number of ketones is 1. The number of nitrogens with one attached hydrogen (secondary N) is 2. The lowest BCUT2D eigenvalue weighted by Crippen LogP contribution is -2.26. The maximum Gasteiger partial charge on any atom is 0.176 e. The van der Waals surface area contributed by atoms with Crippen LogP contribution in [0.25, 0.3) is 0 Å². The number of methoxy groups -OCH3 is 1. The normalized spacial score (nSPS) is 19.9. The van der Waals surface area contributed by atoms with Gasteiger partial charge in [-0.1, -0.05) is 54.1 Å². The number of hydrogen-bond acceptors (Lipinski definition) is 5. The number of carbonyl (C=O) groups excluding carboxylic acids is 1. The Kier molecular flexibility index (Phi) is 5.27. The predicted molar refractivity (Wildman–Crippen MR) is 127 cm³/mol. The number of allylic oxidation sites excluding steroid dienone is 1. The third kappa shape index (κ3) is 3.59. The van der Waals surface area contributed by atoms with Crippen LogP contribution in [0.3, 0.4) is 0 Å². The monoisotopic (exact) mass is 446 g/mol. The summed E-state index contributed by atoms with van der Waals surface area (Å²) in [5, 5.41) is 17.4. The number of phenols is 1. The lowest BCUT2D eigenvalue weighted by Gasteiger charge is -2.30. The average Bonchev–Trinajstić information content (AvgIpc) is 2.98. The molecule has 3 aromatic carbocycles. The molecule has 5 nitrogen and oxygen atoms in total. The zero-order chi connectivity index (χ0) is 22.2. The molecule has 6 heteroatoms. The molecular formula is C26H23ClN2O3.